The Labute approximate surface area is 183 Å². The number of methoxy groups -OCH3 is 1. The number of aromatic nitrogens is 1. The Kier molecular flexibility index (Phi) is 6.22. The van der Waals surface area contributed by atoms with E-state index in [0.29, 0.717) is 19.2 Å². The van der Waals surface area contributed by atoms with Crippen LogP contribution < -0.4 is 5.32 Å². The third-order valence-corrected chi connectivity index (χ3v) is 6.72. The van der Waals surface area contributed by atoms with Crippen molar-refractivity contribution in [1.29, 1.82) is 0 Å². The van der Waals surface area contributed by atoms with Gasteiger partial charge in [-0.25, -0.2) is 9.37 Å². The van der Waals surface area contributed by atoms with E-state index in [4.69, 9.17) is 4.74 Å². The summed E-state index contributed by atoms with van der Waals surface area (Å²) < 4.78 is 59.2. The topological polar surface area (TPSA) is 54.5 Å². The minimum Gasteiger partial charge on any atom is -0.383 e. The third kappa shape index (κ3) is 3.99. The van der Waals surface area contributed by atoms with Crippen molar-refractivity contribution in [3.8, 4) is 0 Å². The normalized spacial score (nSPS) is 24.0. The first-order chi connectivity index (χ1) is 15.3. The van der Waals surface area contributed by atoms with E-state index >= 15 is 0 Å². The van der Waals surface area contributed by atoms with Gasteiger partial charge in [-0.15, -0.1) is 0 Å². The number of nitrogens with one attached hydrogen (secondary N) is 1. The van der Waals surface area contributed by atoms with E-state index in [1.807, 2.05) is 30.3 Å². The largest absolute Gasteiger partial charge is 0.436 e. The maximum absolute atomic E-state index is 14.6. The maximum Gasteiger partial charge on any atom is 0.436 e. The number of pyridine rings is 1. The summed E-state index contributed by atoms with van der Waals surface area (Å²) in [6.45, 7) is 1.21. The first-order valence-corrected chi connectivity index (χ1v) is 10.6. The maximum atomic E-state index is 14.6. The van der Waals surface area contributed by atoms with Crippen molar-refractivity contribution in [1.82, 2.24) is 15.2 Å². The molecule has 2 aliphatic heterocycles. The lowest BCUT2D eigenvalue weighted by atomic mass is 9.78. The Morgan fingerprint density at radius 1 is 1.25 bits per heavy atom. The van der Waals surface area contributed by atoms with Gasteiger partial charge in [-0.05, 0) is 37.3 Å². The molecule has 2 bridgehead atoms. The van der Waals surface area contributed by atoms with Crippen LogP contribution in [-0.4, -0.2) is 47.6 Å². The van der Waals surface area contributed by atoms with Crippen LogP contribution in [0.2, 0.25) is 0 Å². The number of carbonyl (C=O) groups is 1. The molecule has 172 valence electrons. The second-order valence-corrected chi connectivity index (χ2v) is 8.36. The number of halogens is 4. The average molecular weight is 451 g/mol. The summed E-state index contributed by atoms with van der Waals surface area (Å²) in [5, 5.41) is 2.88. The molecule has 1 aromatic carbocycles. The first kappa shape index (κ1) is 22.7. The molecule has 1 amide bonds. The molecule has 3 heterocycles. The van der Waals surface area contributed by atoms with Gasteiger partial charge in [-0.1, -0.05) is 30.3 Å². The van der Waals surface area contributed by atoms with Crippen molar-refractivity contribution < 1.29 is 27.1 Å². The molecule has 1 unspecified atom stereocenters. The van der Waals surface area contributed by atoms with Crippen molar-refractivity contribution in [2.24, 2.45) is 0 Å². The SMILES string of the molecule is COCCN1C2CCC1(C(NC(=O)c1ccnc(C(F)(F)F)c1F)c1ccccc1)CC2. The van der Waals surface area contributed by atoms with Crippen molar-refractivity contribution in [3.63, 3.8) is 0 Å². The van der Waals surface area contributed by atoms with Crippen LogP contribution in [-0.2, 0) is 10.9 Å². The molecule has 5 nitrogen and oxygen atoms in total. The van der Waals surface area contributed by atoms with E-state index < -0.39 is 40.7 Å². The van der Waals surface area contributed by atoms with Gasteiger partial charge in [0, 0.05) is 31.4 Å². The molecule has 0 spiro atoms. The van der Waals surface area contributed by atoms with E-state index in [2.05, 4.69) is 15.2 Å². The minimum absolute atomic E-state index is 0.364. The monoisotopic (exact) mass is 451 g/mol. The number of ether oxygens (including phenoxy) is 1. The van der Waals surface area contributed by atoms with Gasteiger partial charge in [-0.3, -0.25) is 9.69 Å². The van der Waals surface area contributed by atoms with Crippen molar-refractivity contribution in [2.75, 3.05) is 20.3 Å². The van der Waals surface area contributed by atoms with E-state index in [1.165, 1.54) is 0 Å². The van der Waals surface area contributed by atoms with Gasteiger partial charge in [-0.2, -0.15) is 13.2 Å². The Bertz CT molecular complexity index is 959. The lowest BCUT2D eigenvalue weighted by Crippen LogP contribution is -2.53. The van der Waals surface area contributed by atoms with Gasteiger partial charge in [0.25, 0.3) is 5.91 Å². The number of amides is 1. The molecule has 2 fully saturated rings. The zero-order chi connectivity index (χ0) is 22.9. The molecular formula is C23H25F4N3O2. The van der Waals surface area contributed by atoms with Crippen molar-refractivity contribution >= 4 is 5.91 Å². The predicted octanol–water partition coefficient (Wildman–Crippen LogP) is 4.35. The Balaban J connectivity index is 1.70. The van der Waals surface area contributed by atoms with Crippen molar-refractivity contribution in [3.05, 3.63) is 65.2 Å². The molecular weight excluding hydrogens is 426 g/mol. The third-order valence-electron chi connectivity index (χ3n) is 6.72. The zero-order valence-corrected chi connectivity index (χ0v) is 17.7. The van der Waals surface area contributed by atoms with Gasteiger partial charge in [0.15, 0.2) is 11.5 Å². The zero-order valence-electron chi connectivity index (χ0n) is 17.7. The van der Waals surface area contributed by atoms with Crippen LogP contribution in [0.5, 0.6) is 0 Å². The van der Waals surface area contributed by atoms with Crippen LogP contribution in [0.4, 0.5) is 17.6 Å². The van der Waals surface area contributed by atoms with Crippen LogP contribution in [0.15, 0.2) is 42.6 Å². The standard InChI is InChI=1S/C23H25F4N3O2/c1-32-14-13-30-16-7-10-22(30,11-8-16)19(15-5-3-2-4-6-15)29-21(31)17-9-12-28-20(18(17)24)23(25,26)27/h2-6,9,12,16,19H,7-8,10-11,13-14H2,1H3,(H,29,31). The highest BCUT2D eigenvalue weighted by molar-refractivity contribution is 5.95. The molecule has 0 radical (unpaired) electrons. The molecule has 4 rings (SSSR count). The highest BCUT2D eigenvalue weighted by Gasteiger charge is 2.56. The fourth-order valence-electron chi connectivity index (χ4n) is 5.31. The van der Waals surface area contributed by atoms with Crippen LogP contribution in [0, 0.1) is 5.82 Å². The van der Waals surface area contributed by atoms with Gasteiger partial charge < -0.3 is 10.1 Å². The molecule has 2 aliphatic rings. The van der Waals surface area contributed by atoms with E-state index in [0.717, 1.165) is 43.5 Å². The quantitative estimate of drug-likeness (QED) is 0.636. The molecule has 1 aromatic heterocycles. The predicted molar refractivity (Wildman–Crippen MR) is 109 cm³/mol. The number of rotatable bonds is 7. The molecule has 9 heteroatoms. The fraction of sp³-hybridized carbons (Fsp3) is 0.478. The molecule has 32 heavy (non-hydrogen) atoms. The van der Waals surface area contributed by atoms with E-state index in [9.17, 15) is 22.4 Å². The molecule has 2 saturated heterocycles. The minimum atomic E-state index is -4.99. The first-order valence-electron chi connectivity index (χ1n) is 10.6. The van der Waals surface area contributed by atoms with Gasteiger partial charge in [0.1, 0.15) is 0 Å². The van der Waals surface area contributed by atoms with Crippen molar-refractivity contribution in [2.45, 2.75) is 49.5 Å². The molecule has 1 N–H and O–H groups in total. The molecule has 0 aliphatic carbocycles. The smallest absolute Gasteiger partial charge is 0.383 e. The lowest BCUT2D eigenvalue weighted by Gasteiger charge is -2.42. The number of hydrogen-bond acceptors (Lipinski definition) is 4. The summed E-state index contributed by atoms with van der Waals surface area (Å²) in [6.07, 6.45) is -0.598. The summed E-state index contributed by atoms with van der Waals surface area (Å²) in [5.74, 6) is -2.55. The number of alkyl halides is 3. The second-order valence-electron chi connectivity index (χ2n) is 8.36. The highest BCUT2D eigenvalue weighted by Crippen LogP contribution is 2.52. The second kappa shape index (κ2) is 8.78. The number of hydrogen-bond donors (Lipinski definition) is 1. The number of benzene rings is 1. The summed E-state index contributed by atoms with van der Waals surface area (Å²) in [7, 11) is 1.63. The summed E-state index contributed by atoms with van der Waals surface area (Å²) >= 11 is 0. The summed E-state index contributed by atoms with van der Waals surface area (Å²) in [4.78, 5) is 18.5. The molecule has 1 atom stereocenters. The number of carbonyl (C=O) groups excluding carboxylic acids is 1. The van der Waals surface area contributed by atoms with Crippen LogP contribution >= 0.6 is 0 Å². The van der Waals surface area contributed by atoms with Crippen LogP contribution in [0.25, 0.3) is 0 Å². The van der Waals surface area contributed by atoms with Gasteiger partial charge in [0.05, 0.1) is 18.2 Å². The Morgan fingerprint density at radius 3 is 2.56 bits per heavy atom. The average Bonchev–Trinajstić information content (AvgIpc) is 3.30. The molecule has 0 saturated carbocycles. The number of nitrogens with zero attached hydrogens (tertiary/aromatic N) is 2. The van der Waals surface area contributed by atoms with E-state index in [1.54, 1.807) is 7.11 Å². The summed E-state index contributed by atoms with van der Waals surface area (Å²) in [5.41, 5.74) is -1.93. The number of fused-ring (bicyclic) bond motifs is 2. The van der Waals surface area contributed by atoms with Crippen LogP contribution in [0.1, 0.15) is 53.3 Å². The summed E-state index contributed by atoms with van der Waals surface area (Å²) in [6, 6.07) is 10.1. The molecule has 2 aromatic rings. The highest BCUT2D eigenvalue weighted by atomic mass is 19.4. The van der Waals surface area contributed by atoms with Crippen LogP contribution in [0.3, 0.4) is 0 Å². The van der Waals surface area contributed by atoms with Gasteiger partial charge in [0.2, 0.25) is 0 Å². The lowest BCUT2D eigenvalue weighted by molar-refractivity contribution is -0.143. The Hall–Kier alpha value is -2.52. The van der Waals surface area contributed by atoms with Gasteiger partial charge >= 0.3 is 6.18 Å². The van der Waals surface area contributed by atoms with E-state index in [-0.39, 0.29) is 0 Å². The fourth-order valence-corrected chi connectivity index (χ4v) is 5.31. The Morgan fingerprint density at radius 2 is 1.94 bits per heavy atom.